The Balaban J connectivity index is 0.000000163. The van der Waals surface area contributed by atoms with E-state index in [1.165, 1.54) is 48.5 Å². The molecule has 0 aromatic heterocycles. The van der Waals surface area contributed by atoms with Crippen molar-refractivity contribution in [1.82, 2.24) is 0 Å². The molecule has 0 unspecified atom stereocenters. The van der Waals surface area contributed by atoms with Crippen LogP contribution in [0.4, 0.5) is 103 Å². The summed E-state index contributed by atoms with van der Waals surface area (Å²) < 4.78 is 127. The van der Waals surface area contributed by atoms with Gasteiger partial charge in [0.05, 0.1) is 34.1 Å². The summed E-state index contributed by atoms with van der Waals surface area (Å²) in [5, 5.41) is 12.2. The van der Waals surface area contributed by atoms with Crippen LogP contribution < -0.4 is 19.6 Å². The van der Waals surface area contributed by atoms with E-state index in [9.17, 15) is 0 Å². The summed E-state index contributed by atoms with van der Waals surface area (Å²) in [5.74, 6) is -3.01. The van der Waals surface area contributed by atoms with Gasteiger partial charge < -0.3 is 19.6 Å². The van der Waals surface area contributed by atoms with E-state index in [1.807, 2.05) is 133 Å². The molecule has 0 atom stereocenters. The molecule has 24 aromatic rings. The lowest BCUT2D eigenvalue weighted by Gasteiger charge is -2.32. The maximum absolute atomic E-state index is 15.9. The molecule has 4 nitrogen and oxygen atoms in total. The lowest BCUT2D eigenvalue weighted by Crippen LogP contribution is -2.14. The predicted octanol–water partition coefficient (Wildman–Crippen LogP) is 40.0. The van der Waals surface area contributed by atoms with E-state index in [1.54, 1.807) is 97.1 Å². The van der Waals surface area contributed by atoms with Gasteiger partial charge in [0, 0.05) is 100 Å². The summed E-state index contributed by atoms with van der Waals surface area (Å²) in [6.07, 6.45) is 0. The van der Waals surface area contributed by atoms with Crippen molar-refractivity contribution in [2.75, 3.05) is 19.6 Å². The largest absolute Gasteiger partial charge is 0.310 e. The molecule has 0 amide bonds. The molecule has 0 N–H and O–H groups in total. The van der Waals surface area contributed by atoms with E-state index in [0.29, 0.717) is 89.0 Å². The summed E-state index contributed by atoms with van der Waals surface area (Å²) in [7, 11) is 0. The first-order valence-electron chi connectivity index (χ1n) is 49.5. The van der Waals surface area contributed by atoms with Crippen LogP contribution in [-0.2, 0) is 0 Å². The summed E-state index contributed by atoms with van der Waals surface area (Å²) in [4.78, 5) is 8.93. The van der Waals surface area contributed by atoms with Crippen molar-refractivity contribution in [2.24, 2.45) is 0 Å². The fourth-order valence-corrected chi connectivity index (χ4v) is 22.1. The molecule has 0 bridgehead atoms. The van der Waals surface area contributed by atoms with Crippen molar-refractivity contribution < 1.29 is 35.1 Å². The number of aryl methyl sites for hydroxylation is 8. The van der Waals surface area contributed by atoms with Crippen LogP contribution in [0.15, 0.2) is 437 Å². The molecule has 0 radical (unpaired) electrons. The second kappa shape index (κ2) is 38.6. The number of nitrogens with zero attached hydrogens (tertiary/aromatic N) is 4. The molecule has 0 saturated heterocycles. The zero-order chi connectivity index (χ0) is 102. The number of hydrogen-bond donors (Lipinski definition) is 0. The van der Waals surface area contributed by atoms with E-state index in [2.05, 4.69) is 233 Å². The molecule has 24 rings (SSSR count). The molecule has 148 heavy (non-hydrogen) atoms. The third kappa shape index (κ3) is 17.0. The topological polar surface area (TPSA) is 13.0 Å². The molecule has 0 aliphatic carbocycles. The van der Waals surface area contributed by atoms with Crippen LogP contribution in [0, 0.1) is 102 Å². The maximum Gasteiger partial charge on any atom is 0.131 e. The lowest BCUT2D eigenvalue weighted by atomic mass is 9.90. The molecule has 0 fully saturated rings. The fourth-order valence-electron chi connectivity index (χ4n) is 22.1. The van der Waals surface area contributed by atoms with Crippen LogP contribution in [-0.4, -0.2) is 0 Å². The van der Waals surface area contributed by atoms with Gasteiger partial charge in [-0.25, -0.2) is 35.1 Å². The lowest BCUT2D eigenvalue weighted by molar-refractivity contribution is 0.630. The summed E-state index contributed by atoms with van der Waals surface area (Å²) in [5.41, 5.74) is 26.7. The Morgan fingerprint density at radius 2 is 0.331 bits per heavy atom. The van der Waals surface area contributed by atoms with Crippen LogP contribution in [0.5, 0.6) is 0 Å². The van der Waals surface area contributed by atoms with Crippen molar-refractivity contribution in [3.8, 4) is 89.0 Å². The number of para-hydroxylation sites is 2. The Bertz CT molecular complexity index is 8560. The van der Waals surface area contributed by atoms with Crippen molar-refractivity contribution >= 4 is 133 Å². The highest BCUT2D eigenvalue weighted by Gasteiger charge is 2.32. The zero-order valence-electron chi connectivity index (χ0n) is 82.4. The average Bonchev–Trinajstić information content (AvgIpc) is 0.722. The second-order valence-corrected chi connectivity index (χ2v) is 38.5. The van der Waals surface area contributed by atoms with Gasteiger partial charge in [0.2, 0.25) is 0 Å². The second-order valence-electron chi connectivity index (χ2n) is 38.5. The fraction of sp³-hybridized carbons (Fsp3) is 0.0588. The molecule has 0 spiro atoms. The molecule has 0 heterocycles. The number of rotatable bonds is 20. The molecule has 716 valence electrons. The first-order chi connectivity index (χ1) is 72.0. The van der Waals surface area contributed by atoms with Crippen molar-refractivity contribution in [1.29, 1.82) is 0 Å². The van der Waals surface area contributed by atoms with E-state index >= 15 is 35.1 Å². The average molecular weight is 1940 g/mol. The number of benzene rings is 24. The number of halogens is 8. The van der Waals surface area contributed by atoms with Gasteiger partial charge in [-0.2, -0.15) is 0 Å². The Labute approximate surface area is 854 Å². The monoisotopic (exact) mass is 1940 g/mol. The van der Waals surface area contributed by atoms with Gasteiger partial charge in [-0.15, -0.1) is 0 Å². The van der Waals surface area contributed by atoms with Gasteiger partial charge in [0.15, 0.2) is 0 Å². The molecule has 12 heteroatoms. The van der Waals surface area contributed by atoms with Gasteiger partial charge in [-0.3, -0.25) is 0 Å². The van der Waals surface area contributed by atoms with Crippen LogP contribution in [0.25, 0.3) is 154 Å². The predicted molar refractivity (Wildman–Crippen MR) is 600 cm³/mol. The van der Waals surface area contributed by atoms with Gasteiger partial charge in [-0.1, -0.05) is 290 Å². The molecular formula is C136H96F8N4. The molecule has 0 aliphatic rings. The van der Waals surface area contributed by atoms with E-state index < -0.39 is 0 Å². The Hall–Kier alpha value is -18.0. The minimum Gasteiger partial charge on any atom is -0.310 e. The van der Waals surface area contributed by atoms with E-state index in [4.69, 9.17) is 0 Å². The van der Waals surface area contributed by atoms with Gasteiger partial charge >= 0.3 is 0 Å². The molecule has 24 aromatic carbocycles. The highest BCUT2D eigenvalue weighted by Crippen LogP contribution is 2.56. The highest BCUT2D eigenvalue weighted by atomic mass is 19.2. The third-order valence-corrected chi connectivity index (χ3v) is 28.9. The van der Waals surface area contributed by atoms with Crippen molar-refractivity contribution in [3.05, 3.63) is 528 Å². The Morgan fingerprint density at radius 1 is 0.149 bits per heavy atom. The summed E-state index contributed by atoms with van der Waals surface area (Å²) in [6, 6.07) is 137. The van der Waals surface area contributed by atoms with Crippen LogP contribution in [0.3, 0.4) is 0 Å². The first-order valence-corrected chi connectivity index (χ1v) is 49.5. The van der Waals surface area contributed by atoms with Crippen LogP contribution in [0.2, 0.25) is 0 Å². The maximum atomic E-state index is 15.9. The van der Waals surface area contributed by atoms with Crippen LogP contribution >= 0.6 is 0 Å². The molecule has 0 aliphatic heterocycles. The first kappa shape index (κ1) is 93.6. The smallest absolute Gasteiger partial charge is 0.131 e. The molecule has 0 saturated carbocycles. The minimum absolute atomic E-state index is 0.376. The quantitative estimate of drug-likeness (QED) is 0.0557. The van der Waals surface area contributed by atoms with E-state index in [-0.39, 0.29) is 46.5 Å². The number of anilines is 12. The SMILES string of the molecule is Cc1ccc(N(c2cc(-c3ccccc3F)cc(-c3ccccc3F)c2)c2ccc3ccc4c(N(c5cc(-c6ccccc6F)cc(-c6ccccc6F)c5)c5ccc(C)cc5C)ccc5ccc2c3c54)c(C)c1.Cc1cccc(C)c1N(c1cc(-c2ccccc2F)cc(-c2ccccc2F)c1)c1ccc2ccc3c(N(c4cc(-c5ccccc5F)cc(-c5ccccc5F)c4)c4c(C)cccc4C)ccc4ccc1c2c43. The summed E-state index contributed by atoms with van der Waals surface area (Å²) >= 11 is 0. The van der Waals surface area contributed by atoms with Gasteiger partial charge in [0.25, 0.3) is 0 Å². The van der Waals surface area contributed by atoms with Gasteiger partial charge in [-0.05, 0) is 334 Å². The number of hydrogen-bond acceptors (Lipinski definition) is 4. The van der Waals surface area contributed by atoms with Crippen molar-refractivity contribution in [2.45, 2.75) is 55.4 Å². The zero-order valence-corrected chi connectivity index (χ0v) is 82.4. The van der Waals surface area contributed by atoms with Crippen molar-refractivity contribution in [3.63, 3.8) is 0 Å². The normalized spacial score (nSPS) is 11.5. The Kier molecular flexibility index (Phi) is 24.4. The Morgan fingerprint density at radius 3 is 0.534 bits per heavy atom. The third-order valence-electron chi connectivity index (χ3n) is 28.9. The standard InChI is InChI=1S/2C68H48F4N2/c1-41-15-13-16-42(2)67(41)73(51-37-47(53-19-5-9-23-59(53)69)35-48(38-51)54-20-6-10-24-60(54)70)63-33-29-45-28-32-58-64(34-30-46-27-31-57(63)65(45)66(46)58)74(68-43(3)17-14-18-44(68)4)52-39-49(55-21-7-11-25-61(55)71)36-50(40-52)56-22-8-12-26-62(56)72;1-41-21-29-63(43(3)33-41)73(51-37-47(53-13-5-9-17-59(53)69)35-48(38-51)54-14-6-10-18-60(54)70)65-31-25-45-24-28-58-66(32-26-46-23-27-57(65)67(45)68(46)58)74(64-30-22-42(2)34-44(64)4)52-39-49(55-15-7-11-19-61(55)71)36-50(40-52)56-16-8-12-20-62(56)72/h2*5-40H,1-4H3. The van der Waals surface area contributed by atoms with Gasteiger partial charge in [0.1, 0.15) is 46.5 Å². The van der Waals surface area contributed by atoms with E-state index in [0.717, 1.165) is 177 Å². The summed E-state index contributed by atoms with van der Waals surface area (Å²) in [6.45, 7) is 16.7. The molecular weight excluding hydrogens is 1840 g/mol. The minimum atomic E-state index is -0.377. The van der Waals surface area contributed by atoms with Crippen LogP contribution in [0.1, 0.15) is 44.5 Å². The highest BCUT2D eigenvalue weighted by molar-refractivity contribution is 6.30.